The number of ether oxygens (including phenoxy) is 2. The molecule has 0 spiro atoms. The summed E-state index contributed by atoms with van der Waals surface area (Å²) in [6, 6.07) is 10.1. The summed E-state index contributed by atoms with van der Waals surface area (Å²) in [7, 11) is 1.70. The number of terminal acetylenes is 1. The molecule has 0 saturated heterocycles. The minimum Gasteiger partial charge on any atom is -0.663 e. The molecule has 0 aromatic heterocycles. The average molecular weight is 610 g/mol. The number of allylic oxidation sites excluding steroid dienone is 5. The van der Waals surface area contributed by atoms with Crippen LogP contribution in [0, 0.1) is 18.8 Å². The Kier molecular flexibility index (Phi) is 29.3. The van der Waals surface area contributed by atoms with Crippen LogP contribution < -0.4 is 0 Å². The summed E-state index contributed by atoms with van der Waals surface area (Å²) in [5.74, 6) is 0.435. The van der Waals surface area contributed by atoms with Gasteiger partial charge < -0.3 is 25.0 Å². The van der Waals surface area contributed by atoms with Gasteiger partial charge in [-0.1, -0.05) is 98.0 Å². The normalized spacial score (nSPS) is 15.7. The van der Waals surface area contributed by atoms with Gasteiger partial charge in [0.2, 0.25) is 0 Å². The van der Waals surface area contributed by atoms with Crippen molar-refractivity contribution in [2.24, 2.45) is 5.92 Å². The van der Waals surface area contributed by atoms with E-state index in [0.717, 1.165) is 29.6 Å². The molecular formula is C33H46NO4Y-. The molecule has 1 aliphatic carbocycles. The zero-order chi connectivity index (χ0) is 28.3. The van der Waals surface area contributed by atoms with E-state index in [1.807, 2.05) is 73.7 Å². The topological polar surface area (TPSA) is 73.0 Å². The molecule has 39 heavy (non-hydrogen) atoms. The summed E-state index contributed by atoms with van der Waals surface area (Å²) in [6.45, 7) is 6.74. The van der Waals surface area contributed by atoms with Gasteiger partial charge >= 0.3 is 0 Å². The Morgan fingerprint density at radius 2 is 1.85 bits per heavy atom. The Balaban J connectivity index is 0. The van der Waals surface area contributed by atoms with Crippen LogP contribution in [0.5, 0.6) is 0 Å². The maximum atomic E-state index is 10.3. The van der Waals surface area contributed by atoms with Crippen LogP contribution in [0.4, 0.5) is 0 Å². The number of rotatable bonds is 15. The maximum Gasteiger partial charge on any atom is 0.0721 e. The molecule has 2 unspecified atom stereocenters. The van der Waals surface area contributed by atoms with Gasteiger partial charge in [-0.3, -0.25) is 0 Å². The van der Waals surface area contributed by atoms with Gasteiger partial charge in [0.05, 0.1) is 39.1 Å². The molecule has 2 rings (SSSR count). The summed E-state index contributed by atoms with van der Waals surface area (Å²) in [4.78, 5) is 0. The predicted molar refractivity (Wildman–Crippen MR) is 161 cm³/mol. The van der Waals surface area contributed by atoms with Crippen LogP contribution in [0.1, 0.15) is 32.3 Å². The van der Waals surface area contributed by atoms with Crippen LogP contribution in [-0.4, -0.2) is 56.3 Å². The standard InChI is InChI=1S/C23H30NO3.C8H14O.C2H2.Y/c1-24-17-23(25)22(14-16-27-19-21-11-6-3-7-12-21)13-8-15-26-18-20-9-4-2-5-10-20;1-3-5-8(7-9)6-4-2;1-2;/h2-11,13-14,21,23,25H,12,15-19H2,1H3;3,5-6,9H,4,7H2,1-2H3;1-2H;/q-1;;;/b13-8-,22-14+;5-3-,8-6+;;. The van der Waals surface area contributed by atoms with Crippen molar-refractivity contribution < 1.29 is 52.4 Å². The SMILES string of the molecule is C#C.C/C=C\C(=C/CC)CO.C[N-]CC(O)C(/C=C\COCc1ccccc1)=C/COCC1C=CC=CC1.[Y]. The van der Waals surface area contributed by atoms with Gasteiger partial charge in [-0.2, -0.15) is 7.05 Å². The van der Waals surface area contributed by atoms with Crippen LogP contribution >= 0.6 is 0 Å². The number of hydrogen-bond donors (Lipinski definition) is 2. The molecule has 2 atom stereocenters. The first-order valence-corrected chi connectivity index (χ1v) is 13.0. The van der Waals surface area contributed by atoms with Crippen molar-refractivity contribution >= 4 is 0 Å². The molecular weight excluding hydrogens is 563 g/mol. The van der Waals surface area contributed by atoms with E-state index in [2.05, 4.69) is 49.4 Å². The Hall–Kier alpha value is -1.88. The molecule has 0 amide bonds. The van der Waals surface area contributed by atoms with Crippen LogP contribution in [-0.2, 0) is 48.8 Å². The third-order valence-corrected chi connectivity index (χ3v) is 5.24. The monoisotopic (exact) mass is 609 g/mol. The molecule has 1 aromatic carbocycles. The van der Waals surface area contributed by atoms with E-state index in [1.54, 1.807) is 7.05 Å². The molecule has 0 saturated carbocycles. The van der Waals surface area contributed by atoms with Gasteiger partial charge in [0.15, 0.2) is 0 Å². The van der Waals surface area contributed by atoms with Crippen LogP contribution in [0.25, 0.3) is 5.32 Å². The molecule has 1 radical (unpaired) electrons. The summed E-state index contributed by atoms with van der Waals surface area (Å²) in [5, 5.41) is 23.0. The van der Waals surface area contributed by atoms with Crippen molar-refractivity contribution in [2.75, 3.05) is 40.0 Å². The van der Waals surface area contributed by atoms with Crippen molar-refractivity contribution in [2.45, 2.75) is 39.4 Å². The van der Waals surface area contributed by atoms with Crippen molar-refractivity contribution in [3.8, 4) is 12.8 Å². The Morgan fingerprint density at radius 1 is 1.10 bits per heavy atom. The molecule has 2 N–H and O–H groups in total. The fourth-order valence-corrected chi connectivity index (χ4v) is 3.39. The van der Waals surface area contributed by atoms with Gasteiger partial charge in [-0.25, -0.2) is 0 Å². The third kappa shape index (κ3) is 21.6. The van der Waals surface area contributed by atoms with E-state index < -0.39 is 6.10 Å². The van der Waals surface area contributed by atoms with Gasteiger partial charge in [0, 0.05) is 38.6 Å². The first-order valence-electron chi connectivity index (χ1n) is 13.0. The first-order chi connectivity index (χ1) is 18.6. The largest absolute Gasteiger partial charge is 0.663 e. The Morgan fingerprint density at radius 3 is 2.44 bits per heavy atom. The minimum atomic E-state index is -0.624. The molecule has 1 aromatic rings. The Bertz CT molecular complexity index is 901. The van der Waals surface area contributed by atoms with Gasteiger partial charge in [-0.15, -0.1) is 19.4 Å². The van der Waals surface area contributed by atoms with E-state index in [9.17, 15) is 5.11 Å². The molecule has 0 fully saturated rings. The smallest absolute Gasteiger partial charge is 0.0721 e. The van der Waals surface area contributed by atoms with Crippen LogP contribution in [0.2, 0.25) is 0 Å². The van der Waals surface area contributed by atoms with E-state index >= 15 is 0 Å². The zero-order valence-corrected chi connectivity index (χ0v) is 26.7. The van der Waals surface area contributed by atoms with Crippen LogP contribution in [0.15, 0.2) is 102 Å². The summed E-state index contributed by atoms with van der Waals surface area (Å²) in [5.41, 5.74) is 2.95. The number of likely N-dealkylation sites (N-methyl/N-ethyl adjacent to an activating group) is 1. The molecule has 211 valence electrons. The number of aliphatic hydroxyl groups excluding tert-OH is 2. The van der Waals surface area contributed by atoms with E-state index in [-0.39, 0.29) is 39.3 Å². The molecule has 0 heterocycles. The second-order valence-corrected chi connectivity index (χ2v) is 8.31. The summed E-state index contributed by atoms with van der Waals surface area (Å²) < 4.78 is 11.4. The second-order valence-electron chi connectivity index (χ2n) is 8.31. The fraction of sp³-hybridized carbons (Fsp3) is 0.394. The second kappa shape index (κ2) is 29.1. The van der Waals surface area contributed by atoms with Crippen LogP contribution in [0.3, 0.4) is 0 Å². The zero-order valence-electron chi connectivity index (χ0n) is 23.9. The number of aliphatic hydroxyl groups is 2. The Labute approximate surface area is 262 Å². The molecule has 0 aliphatic heterocycles. The van der Waals surface area contributed by atoms with E-state index in [1.165, 1.54) is 0 Å². The average Bonchev–Trinajstić information content (AvgIpc) is 2.96. The quantitative estimate of drug-likeness (QED) is 0.138. The van der Waals surface area contributed by atoms with Gasteiger partial charge in [0.1, 0.15) is 0 Å². The van der Waals surface area contributed by atoms with E-state index in [0.29, 0.717) is 38.9 Å². The van der Waals surface area contributed by atoms with Gasteiger partial charge in [-0.05, 0) is 36.5 Å². The first kappa shape index (κ1) is 39.3. The molecule has 5 nitrogen and oxygen atoms in total. The predicted octanol–water partition coefficient (Wildman–Crippen LogP) is 6.34. The molecule has 0 bridgehead atoms. The minimum absolute atomic E-state index is 0. The third-order valence-electron chi connectivity index (χ3n) is 5.24. The van der Waals surface area contributed by atoms with Crippen molar-refractivity contribution in [1.82, 2.24) is 0 Å². The summed E-state index contributed by atoms with van der Waals surface area (Å²) >= 11 is 0. The van der Waals surface area contributed by atoms with Gasteiger partial charge in [0.25, 0.3) is 0 Å². The van der Waals surface area contributed by atoms with Crippen molar-refractivity contribution in [3.63, 3.8) is 0 Å². The molecule has 1 aliphatic rings. The maximum absolute atomic E-state index is 10.3. The van der Waals surface area contributed by atoms with Crippen molar-refractivity contribution in [1.29, 1.82) is 0 Å². The number of benzene rings is 1. The number of hydrogen-bond acceptors (Lipinski definition) is 4. The van der Waals surface area contributed by atoms with Crippen molar-refractivity contribution in [3.05, 3.63) is 113 Å². The summed E-state index contributed by atoms with van der Waals surface area (Å²) in [6.07, 6.45) is 29.4. The fourth-order valence-electron chi connectivity index (χ4n) is 3.39. The number of nitrogens with zero attached hydrogens (tertiary/aromatic N) is 1. The van der Waals surface area contributed by atoms with E-state index in [4.69, 9.17) is 14.6 Å². The molecule has 6 heteroatoms.